The molecule has 0 saturated heterocycles. The molecule has 82 valence electrons. The molecule has 0 aliphatic heterocycles. The summed E-state index contributed by atoms with van der Waals surface area (Å²) >= 11 is 5.64. The molecule has 1 fully saturated rings. The molecule has 0 radical (unpaired) electrons. The molecular formula is C10H11ClF2N2. The van der Waals surface area contributed by atoms with E-state index < -0.39 is 18.8 Å². The Labute approximate surface area is 91.7 Å². The van der Waals surface area contributed by atoms with Gasteiger partial charge in [-0.25, -0.2) is 9.97 Å². The van der Waals surface area contributed by atoms with Crippen LogP contribution in [0.4, 0.5) is 8.78 Å². The predicted molar refractivity (Wildman–Crippen MR) is 53.4 cm³/mol. The maximum atomic E-state index is 12.6. The summed E-state index contributed by atoms with van der Waals surface area (Å²) < 4.78 is 25.1. The minimum absolute atomic E-state index is 0.122. The van der Waals surface area contributed by atoms with Crippen LogP contribution in [0.3, 0.4) is 0 Å². The highest BCUT2D eigenvalue weighted by Gasteiger charge is 2.45. The van der Waals surface area contributed by atoms with Crippen LogP contribution in [-0.4, -0.2) is 23.3 Å². The van der Waals surface area contributed by atoms with Crippen molar-refractivity contribution >= 4 is 11.6 Å². The fraction of sp³-hybridized carbons (Fsp3) is 0.600. The molecule has 1 aromatic heterocycles. The SMILES string of the molecule is FCC1(CF)CC(c2ccnc(Cl)n2)C1. The molecule has 0 N–H and O–H groups in total. The van der Waals surface area contributed by atoms with Crippen LogP contribution in [0.2, 0.25) is 5.28 Å². The molecule has 1 saturated carbocycles. The molecular weight excluding hydrogens is 222 g/mol. The van der Waals surface area contributed by atoms with E-state index in [0.29, 0.717) is 12.8 Å². The number of halogens is 3. The molecule has 1 aliphatic rings. The Bertz CT molecular complexity index is 347. The molecule has 1 heterocycles. The van der Waals surface area contributed by atoms with Crippen LogP contribution in [0.5, 0.6) is 0 Å². The second-order valence-corrected chi connectivity index (χ2v) is 4.46. The van der Waals surface area contributed by atoms with Crippen molar-refractivity contribution < 1.29 is 8.78 Å². The third-order valence-electron chi connectivity index (χ3n) is 2.99. The largest absolute Gasteiger partial charge is 0.250 e. The highest BCUT2D eigenvalue weighted by molar-refractivity contribution is 6.28. The first-order chi connectivity index (χ1) is 7.19. The molecule has 0 amide bonds. The summed E-state index contributed by atoms with van der Waals surface area (Å²) in [6, 6.07) is 1.75. The number of hydrogen-bond acceptors (Lipinski definition) is 2. The van der Waals surface area contributed by atoms with E-state index in [-0.39, 0.29) is 11.2 Å². The Balaban J connectivity index is 2.05. The van der Waals surface area contributed by atoms with Crippen LogP contribution in [0.1, 0.15) is 24.5 Å². The molecule has 0 atom stereocenters. The smallest absolute Gasteiger partial charge is 0.222 e. The second-order valence-electron chi connectivity index (χ2n) is 4.12. The Kier molecular flexibility index (Phi) is 2.87. The summed E-state index contributed by atoms with van der Waals surface area (Å²) in [7, 11) is 0. The number of nitrogens with zero attached hydrogens (tertiary/aromatic N) is 2. The minimum Gasteiger partial charge on any atom is -0.250 e. The number of rotatable bonds is 3. The molecule has 15 heavy (non-hydrogen) atoms. The van der Waals surface area contributed by atoms with E-state index in [1.165, 1.54) is 0 Å². The first kappa shape index (κ1) is 10.7. The Morgan fingerprint density at radius 3 is 2.60 bits per heavy atom. The van der Waals surface area contributed by atoms with Gasteiger partial charge in [0.2, 0.25) is 5.28 Å². The molecule has 2 nitrogen and oxygen atoms in total. The van der Waals surface area contributed by atoms with Crippen LogP contribution < -0.4 is 0 Å². The monoisotopic (exact) mass is 232 g/mol. The Morgan fingerprint density at radius 2 is 2.07 bits per heavy atom. The van der Waals surface area contributed by atoms with Crippen LogP contribution in [0.15, 0.2) is 12.3 Å². The highest BCUT2D eigenvalue weighted by Crippen LogP contribution is 2.51. The first-order valence-corrected chi connectivity index (χ1v) is 5.17. The zero-order chi connectivity index (χ0) is 10.9. The topological polar surface area (TPSA) is 25.8 Å². The molecule has 0 unspecified atom stereocenters. The number of hydrogen-bond donors (Lipinski definition) is 0. The second kappa shape index (κ2) is 4.00. The maximum absolute atomic E-state index is 12.6. The molecule has 1 aromatic rings. The predicted octanol–water partition coefficient (Wildman–Crippen LogP) is 2.93. The van der Waals surface area contributed by atoms with E-state index >= 15 is 0 Å². The van der Waals surface area contributed by atoms with Crippen molar-refractivity contribution in [3.63, 3.8) is 0 Å². The van der Waals surface area contributed by atoms with Gasteiger partial charge in [-0.3, -0.25) is 8.78 Å². The van der Waals surface area contributed by atoms with Crippen molar-refractivity contribution in [1.82, 2.24) is 9.97 Å². The van der Waals surface area contributed by atoms with Crippen LogP contribution in [-0.2, 0) is 0 Å². The van der Waals surface area contributed by atoms with Crippen LogP contribution >= 0.6 is 11.6 Å². The van der Waals surface area contributed by atoms with E-state index in [2.05, 4.69) is 9.97 Å². The van der Waals surface area contributed by atoms with Crippen molar-refractivity contribution in [2.45, 2.75) is 18.8 Å². The van der Waals surface area contributed by atoms with Gasteiger partial charge in [-0.1, -0.05) is 0 Å². The third kappa shape index (κ3) is 1.95. The zero-order valence-corrected chi connectivity index (χ0v) is 8.84. The van der Waals surface area contributed by atoms with Crippen molar-refractivity contribution in [3.05, 3.63) is 23.2 Å². The summed E-state index contributed by atoms with van der Waals surface area (Å²) in [4.78, 5) is 7.80. The number of alkyl halides is 2. The molecule has 0 spiro atoms. The molecule has 1 aliphatic carbocycles. The molecule has 2 rings (SSSR count). The van der Waals surface area contributed by atoms with E-state index in [1.807, 2.05) is 0 Å². The fourth-order valence-corrected chi connectivity index (χ4v) is 2.18. The van der Waals surface area contributed by atoms with Crippen molar-refractivity contribution in [3.8, 4) is 0 Å². The zero-order valence-electron chi connectivity index (χ0n) is 8.09. The van der Waals surface area contributed by atoms with Gasteiger partial charge in [0.1, 0.15) is 0 Å². The average Bonchev–Trinajstić information content (AvgIpc) is 2.18. The highest BCUT2D eigenvalue weighted by atomic mass is 35.5. The summed E-state index contributed by atoms with van der Waals surface area (Å²) in [6.45, 7) is -1.20. The van der Waals surface area contributed by atoms with Gasteiger partial charge in [-0.2, -0.15) is 0 Å². The van der Waals surface area contributed by atoms with Gasteiger partial charge >= 0.3 is 0 Å². The van der Waals surface area contributed by atoms with E-state index in [0.717, 1.165) is 5.69 Å². The normalized spacial score (nSPS) is 19.9. The summed E-state index contributed by atoms with van der Waals surface area (Å²) in [5.74, 6) is 0.122. The van der Waals surface area contributed by atoms with E-state index in [4.69, 9.17) is 11.6 Å². The van der Waals surface area contributed by atoms with Gasteiger partial charge in [0.05, 0.1) is 13.3 Å². The van der Waals surface area contributed by atoms with Gasteiger partial charge in [0.15, 0.2) is 0 Å². The Hall–Kier alpha value is -0.770. The van der Waals surface area contributed by atoms with E-state index in [9.17, 15) is 8.78 Å². The fourth-order valence-electron chi connectivity index (χ4n) is 2.02. The number of aromatic nitrogens is 2. The lowest BCUT2D eigenvalue weighted by Gasteiger charge is -2.43. The lowest BCUT2D eigenvalue weighted by molar-refractivity contribution is 0.0352. The van der Waals surface area contributed by atoms with Gasteiger partial charge in [-0.15, -0.1) is 0 Å². The van der Waals surface area contributed by atoms with Crippen LogP contribution in [0, 0.1) is 5.41 Å². The molecule has 0 bridgehead atoms. The standard InChI is InChI=1S/C10H11ClF2N2/c11-9-14-2-1-8(15-9)7-3-10(4-7,5-12)6-13/h1-2,7H,3-6H2. The van der Waals surface area contributed by atoms with Gasteiger partial charge in [-0.05, 0) is 30.5 Å². The van der Waals surface area contributed by atoms with Crippen molar-refractivity contribution in [2.24, 2.45) is 5.41 Å². The van der Waals surface area contributed by atoms with Gasteiger partial charge in [0.25, 0.3) is 0 Å². The van der Waals surface area contributed by atoms with Crippen molar-refractivity contribution in [2.75, 3.05) is 13.3 Å². The molecule has 0 aromatic carbocycles. The van der Waals surface area contributed by atoms with Crippen molar-refractivity contribution in [1.29, 1.82) is 0 Å². The lowest BCUT2D eigenvalue weighted by atomic mass is 9.62. The van der Waals surface area contributed by atoms with Gasteiger partial charge < -0.3 is 0 Å². The third-order valence-corrected chi connectivity index (χ3v) is 3.17. The lowest BCUT2D eigenvalue weighted by Crippen LogP contribution is -2.40. The molecule has 5 heteroatoms. The minimum atomic E-state index is -0.762. The van der Waals surface area contributed by atoms with Gasteiger partial charge in [0, 0.05) is 23.2 Å². The Morgan fingerprint density at radius 1 is 1.40 bits per heavy atom. The quantitative estimate of drug-likeness (QED) is 0.749. The van der Waals surface area contributed by atoms with Crippen LogP contribution in [0.25, 0.3) is 0 Å². The average molecular weight is 233 g/mol. The first-order valence-electron chi connectivity index (χ1n) is 4.79. The van der Waals surface area contributed by atoms with E-state index in [1.54, 1.807) is 12.3 Å². The maximum Gasteiger partial charge on any atom is 0.222 e. The summed E-state index contributed by atoms with van der Waals surface area (Å²) in [5, 5.41) is 0.186. The summed E-state index contributed by atoms with van der Waals surface area (Å²) in [5.41, 5.74) is 0.0229. The summed E-state index contributed by atoms with van der Waals surface area (Å²) in [6.07, 6.45) is 2.58.